The first-order valence-corrected chi connectivity index (χ1v) is 9.03. The lowest BCUT2D eigenvalue weighted by molar-refractivity contribution is 0.368. The molecule has 0 aliphatic carbocycles. The summed E-state index contributed by atoms with van der Waals surface area (Å²) in [6.45, 7) is 9.91. The van der Waals surface area contributed by atoms with Gasteiger partial charge in [0.15, 0.2) is 11.7 Å². The fourth-order valence-electron chi connectivity index (χ4n) is 2.93. The van der Waals surface area contributed by atoms with Crippen molar-refractivity contribution in [3.63, 3.8) is 0 Å². The van der Waals surface area contributed by atoms with Gasteiger partial charge in [-0.25, -0.2) is 0 Å². The summed E-state index contributed by atoms with van der Waals surface area (Å²) < 4.78 is 5.44. The molecule has 0 unspecified atom stereocenters. The van der Waals surface area contributed by atoms with E-state index in [0.717, 1.165) is 36.8 Å². The maximum absolute atomic E-state index is 5.44. The molecule has 2 aromatic rings. The molecule has 0 bridgehead atoms. The van der Waals surface area contributed by atoms with Gasteiger partial charge in [-0.05, 0) is 37.8 Å². The second-order valence-electron chi connectivity index (χ2n) is 6.44. The molecule has 0 aliphatic rings. The van der Waals surface area contributed by atoms with Gasteiger partial charge < -0.3 is 15.2 Å². The number of aliphatic imine (C=N–C) groups is 1. The predicted octanol–water partition coefficient (Wildman–Crippen LogP) is 4.06. The van der Waals surface area contributed by atoms with Crippen molar-refractivity contribution in [2.24, 2.45) is 4.99 Å². The quantitative estimate of drug-likeness (QED) is 0.588. The molecule has 5 nitrogen and oxygen atoms in total. The maximum Gasteiger partial charge on any atom is 0.191 e. The smallest absolute Gasteiger partial charge is 0.191 e. The van der Waals surface area contributed by atoms with Crippen molar-refractivity contribution >= 4 is 5.96 Å². The molecule has 0 spiro atoms. The van der Waals surface area contributed by atoms with Crippen LogP contribution in [0.4, 0.5) is 0 Å². The van der Waals surface area contributed by atoms with E-state index in [9.17, 15) is 0 Å². The van der Waals surface area contributed by atoms with E-state index in [4.69, 9.17) is 4.52 Å². The van der Waals surface area contributed by atoms with Crippen molar-refractivity contribution in [3.8, 4) is 0 Å². The van der Waals surface area contributed by atoms with Crippen molar-refractivity contribution in [1.29, 1.82) is 0 Å². The molecule has 136 valence electrons. The van der Waals surface area contributed by atoms with Crippen LogP contribution >= 0.6 is 0 Å². The second-order valence-corrected chi connectivity index (χ2v) is 6.44. The van der Waals surface area contributed by atoms with Crippen LogP contribution in [0.15, 0.2) is 33.8 Å². The Hall–Kier alpha value is -2.30. The Morgan fingerprint density at radius 2 is 1.84 bits per heavy atom. The molecule has 25 heavy (non-hydrogen) atoms. The van der Waals surface area contributed by atoms with E-state index in [0.29, 0.717) is 12.5 Å². The van der Waals surface area contributed by atoms with E-state index < -0.39 is 0 Å². The highest BCUT2D eigenvalue weighted by Crippen LogP contribution is 2.22. The summed E-state index contributed by atoms with van der Waals surface area (Å²) >= 11 is 0. The first kappa shape index (κ1) is 19.0. The normalized spacial score (nSPS) is 11.8. The molecule has 1 heterocycles. The minimum atomic E-state index is 0.472. The summed E-state index contributed by atoms with van der Waals surface area (Å²) in [5.74, 6) is 2.05. The van der Waals surface area contributed by atoms with Crippen LogP contribution in [-0.2, 0) is 13.1 Å². The van der Waals surface area contributed by atoms with Gasteiger partial charge in [-0.15, -0.1) is 0 Å². The number of guanidine groups is 1. The van der Waals surface area contributed by atoms with Gasteiger partial charge in [0.2, 0.25) is 0 Å². The van der Waals surface area contributed by atoms with Gasteiger partial charge in [-0.3, -0.25) is 4.99 Å². The molecule has 0 fully saturated rings. The molecule has 0 radical (unpaired) electrons. The average Bonchev–Trinajstić information content (AvgIpc) is 3.06. The molecule has 0 aliphatic heterocycles. The van der Waals surface area contributed by atoms with E-state index in [-0.39, 0.29) is 0 Å². The minimum Gasteiger partial charge on any atom is -0.359 e. The summed E-state index contributed by atoms with van der Waals surface area (Å²) in [5, 5.41) is 10.8. The Balaban J connectivity index is 1.88. The van der Waals surface area contributed by atoms with Gasteiger partial charge in [0, 0.05) is 25.6 Å². The molecule has 5 heteroatoms. The highest BCUT2D eigenvalue weighted by molar-refractivity contribution is 5.79. The third kappa shape index (κ3) is 5.34. The number of hydrogen-bond acceptors (Lipinski definition) is 3. The average molecular weight is 342 g/mol. The molecule has 0 atom stereocenters. The highest BCUT2D eigenvalue weighted by Gasteiger charge is 2.13. The zero-order chi connectivity index (χ0) is 18.2. The molecular weight excluding hydrogens is 312 g/mol. The third-order valence-electron chi connectivity index (χ3n) is 4.58. The second kappa shape index (κ2) is 9.25. The zero-order valence-corrected chi connectivity index (χ0v) is 16.0. The van der Waals surface area contributed by atoms with Crippen LogP contribution in [0.25, 0.3) is 0 Å². The molecule has 0 saturated heterocycles. The lowest BCUT2D eigenvalue weighted by Gasteiger charge is -2.12. The topological polar surface area (TPSA) is 62.5 Å². The van der Waals surface area contributed by atoms with E-state index in [1.807, 2.05) is 6.07 Å². The zero-order valence-electron chi connectivity index (χ0n) is 16.0. The Labute approximate surface area is 150 Å². The van der Waals surface area contributed by atoms with Gasteiger partial charge in [0.1, 0.15) is 0 Å². The number of aryl methyl sites for hydroxylation is 2. The van der Waals surface area contributed by atoms with Gasteiger partial charge in [0.25, 0.3) is 0 Å². The largest absolute Gasteiger partial charge is 0.359 e. The highest BCUT2D eigenvalue weighted by atomic mass is 16.5. The van der Waals surface area contributed by atoms with E-state index in [1.165, 1.54) is 16.7 Å². The number of nitrogens with zero attached hydrogens (tertiary/aromatic N) is 2. The molecule has 1 aromatic heterocycles. The molecule has 1 aromatic carbocycles. The third-order valence-corrected chi connectivity index (χ3v) is 4.58. The number of rotatable bonds is 7. The van der Waals surface area contributed by atoms with Gasteiger partial charge in [-0.2, -0.15) is 0 Å². The Morgan fingerprint density at radius 1 is 1.12 bits per heavy atom. The summed E-state index contributed by atoms with van der Waals surface area (Å²) in [6.07, 6.45) is 2.16. The summed E-state index contributed by atoms with van der Waals surface area (Å²) in [5.41, 5.74) is 4.87. The van der Waals surface area contributed by atoms with Crippen molar-refractivity contribution in [2.75, 3.05) is 7.05 Å². The Bertz CT molecular complexity index is 701. The van der Waals surface area contributed by atoms with Crippen molar-refractivity contribution < 1.29 is 4.52 Å². The lowest BCUT2D eigenvalue weighted by Crippen LogP contribution is -2.36. The van der Waals surface area contributed by atoms with Crippen LogP contribution < -0.4 is 10.6 Å². The molecule has 2 rings (SSSR count). The monoisotopic (exact) mass is 342 g/mol. The first-order valence-electron chi connectivity index (χ1n) is 9.03. The van der Waals surface area contributed by atoms with Gasteiger partial charge in [-0.1, -0.05) is 42.8 Å². The minimum absolute atomic E-state index is 0.472. The molecule has 0 saturated carbocycles. The van der Waals surface area contributed by atoms with E-state index >= 15 is 0 Å². The first-order chi connectivity index (χ1) is 12.1. The van der Waals surface area contributed by atoms with Crippen LogP contribution in [0.3, 0.4) is 0 Å². The molecule has 2 N–H and O–H groups in total. The van der Waals surface area contributed by atoms with Crippen LogP contribution in [0.1, 0.15) is 60.8 Å². The summed E-state index contributed by atoms with van der Waals surface area (Å²) in [7, 11) is 1.77. The van der Waals surface area contributed by atoms with Crippen LogP contribution in [0.5, 0.6) is 0 Å². The number of aromatic nitrogens is 1. The Morgan fingerprint density at radius 3 is 2.48 bits per heavy atom. The lowest BCUT2D eigenvalue weighted by atomic mass is 9.99. The number of benzene rings is 1. The summed E-state index contributed by atoms with van der Waals surface area (Å²) in [6, 6.07) is 8.53. The predicted molar refractivity (Wildman–Crippen MR) is 103 cm³/mol. The van der Waals surface area contributed by atoms with Gasteiger partial charge >= 0.3 is 0 Å². The Kier molecular flexibility index (Phi) is 7.04. The standard InChI is InChI=1S/C20H30N4O/c1-6-16(7-2)19-11-18(25-24-19)13-23-20(21-5)22-12-17-9-8-14(3)10-15(17)4/h8-11,16H,6-7,12-13H2,1-5H3,(H2,21,22,23). The van der Waals surface area contributed by atoms with E-state index in [2.05, 4.69) is 66.7 Å². The number of nitrogens with one attached hydrogen (secondary N) is 2. The molecular formula is C20H30N4O. The summed E-state index contributed by atoms with van der Waals surface area (Å²) in [4.78, 5) is 4.27. The van der Waals surface area contributed by atoms with Crippen LogP contribution in [-0.4, -0.2) is 18.2 Å². The van der Waals surface area contributed by atoms with Crippen molar-refractivity contribution in [2.45, 2.75) is 59.5 Å². The fraction of sp³-hybridized carbons (Fsp3) is 0.500. The van der Waals surface area contributed by atoms with Crippen molar-refractivity contribution in [1.82, 2.24) is 15.8 Å². The fourth-order valence-corrected chi connectivity index (χ4v) is 2.93. The van der Waals surface area contributed by atoms with Crippen molar-refractivity contribution in [3.05, 3.63) is 52.4 Å². The number of hydrogen-bond donors (Lipinski definition) is 2. The van der Waals surface area contributed by atoms with Gasteiger partial charge in [0.05, 0.1) is 12.2 Å². The van der Waals surface area contributed by atoms with Crippen LogP contribution in [0.2, 0.25) is 0 Å². The molecule has 0 amide bonds. The van der Waals surface area contributed by atoms with E-state index in [1.54, 1.807) is 7.05 Å². The maximum atomic E-state index is 5.44. The SMILES string of the molecule is CCC(CC)c1cc(CNC(=NC)NCc2ccc(C)cc2C)on1. The van der Waals surface area contributed by atoms with Crippen LogP contribution in [0, 0.1) is 13.8 Å².